The molecule has 19 nitrogen and oxygen atoms in total. The molecule has 0 saturated carbocycles. The minimum Gasteiger partial charge on any atom is -0.394 e. The predicted octanol–water partition coefficient (Wildman–Crippen LogP) is -10.0. The number of hydrogen-bond acceptors (Lipinski definition) is 19. The molecular weight excluding hydrogens is 542 g/mol. The van der Waals surface area contributed by atoms with Crippen molar-refractivity contribution in [3.05, 3.63) is 0 Å². The third-order valence-corrected chi connectivity index (χ3v) is 2.53. The van der Waals surface area contributed by atoms with Crippen molar-refractivity contribution in [2.75, 3.05) is 85.8 Å². The molecule has 0 unspecified atom stereocenters. The first-order chi connectivity index (χ1) is 18.3. The molecule has 0 aromatic carbocycles. The molecule has 0 aliphatic heterocycles. The smallest absolute Gasteiger partial charge is 0.100 e. The number of hydrogen-bond donors (Lipinski definition) is 19. The van der Waals surface area contributed by atoms with E-state index in [1.807, 2.05) is 6.92 Å². The van der Waals surface area contributed by atoms with Crippen LogP contribution in [0.3, 0.4) is 0 Å². The molecule has 0 heterocycles. The van der Waals surface area contributed by atoms with Gasteiger partial charge < -0.3 is 97.7 Å². The maximum atomic E-state index is 8.17. The first-order valence-corrected chi connectivity index (χ1v) is 11.4. The van der Waals surface area contributed by atoms with Crippen LogP contribution in [0.4, 0.5) is 0 Å². The molecule has 39 heavy (non-hydrogen) atoms. The molecule has 0 aromatic heterocycles. The van der Waals surface area contributed by atoms with E-state index in [1.165, 1.54) is 0 Å². The first kappa shape index (κ1) is 54.3. The fraction of sp³-hybridized carbons (Fsp3) is 1.00. The van der Waals surface area contributed by atoms with Crippen molar-refractivity contribution >= 4 is 0 Å². The summed E-state index contributed by atoms with van der Waals surface area (Å²) in [6, 6.07) is 0. The van der Waals surface area contributed by atoms with Gasteiger partial charge in [-0.25, -0.2) is 0 Å². The minimum atomic E-state index is -0.954. The Morgan fingerprint density at radius 3 is 0.359 bits per heavy atom. The summed E-state index contributed by atoms with van der Waals surface area (Å²) in [4.78, 5) is 0. The fourth-order valence-electron chi connectivity index (χ4n) is 0.346. The molecular formula is C20H55NO18. The molecule has 0 saturated heterocycles. The minimum absolute atomic E-state index is 0.365. The van der Waals surface area contributed by atoms with Crippen molar-refractivity contribution < 1.29 is 91.9 Å². The second-order valence-corrected chi connectivity index (χ2v) is 6.52. The second kappa shape index (κ2) is 53.5. The quantitative estimate of drug-likeness (QED) is 0.0991. The summed E-state index contributed by atoms with van der Waals surface area (Å²) in [5.74, 6) is 0. The molecule has 0 amide bonds. The molecule has 0 aromatic rings. The van der Waals surface area contributed by atoms with Crippen LogP contribution in [0, 0.1) is 0 Å². The Morgan fingerprint density at radius 2 is 0.359 bits per heavy atom. The van der Waals surface area contributed by atoms with Gasteiger partial charge in [0, 0.05) is 0 Å². The summed E-state index contributed by atoms with van der Waals surface area (Å²) < 4.78 is 0. The lowest BCUT2D eigenvalue weighted by Crippen LogP contribution is -2.15. The van der Waals surface area contributed by atoms with Crippen LogP contribution in [-0.4, -0.2) is 214 Å². The highest BCUT2D eigenvalue weighted by Crippen LogP contribution is 1.74. The molecule has 0 bridgehead atoms. The van der Waals surface area contributed by atoms with E-state index in [0.29, 0.717) is 0 Å². The lowest BCUT2D eigenvalue weighted by atomic mass is 10.4. The summed E-state index contributed by atoms with van der Waals surface area (Å²) in [6.07, 6.45) is -5.72. The van der Waals surface area contributed by atoms with Gasteiger partial charge in [0.2, 0.25) is 0 Å². The molecule has 0 fully saturated rings. The highest BCUT2D eigenvalue weighted by molar-refractivity contribution is 4.46. The molecule has 0 spiro atoms. The molecule has 0 rings (SSSR count). The van der Waals surface area contributed by atoms with Crippen LogP contribution in [0.15, 0.2) is 0 Å². The highest BCUT2D eigenvalue weighted by Gasteiger charge is 1.96. The van der Waals surface area contributed by atoms with Gasteiger partial charge in [-0.3, -0.25) is 0 Å². The zero-order valence-corrected chi connectivity index (χ0v) is 22.3. The van der Waals surface area contributed by atoms with E-state index in [9.17, 15) is 0 Å². The topological polar surface area (TPSA) is 390 Å². The van der Waals surface area contributed by atoms with Gasteiger partial charge in [0.25, 0.3) is 0 Å². The molecule has 248 valence electrons. The van der Waals surface area contributed by atoms with Crippen LogP contribution >= 0.6 is 0 Å². The number of nitrogens with two attached hydrogens (primary N) is 1. The average Bonchev–Trinajstić information content (AvgIpc) is 3.00. The first-order valence-electron chi connectivity index (χ1n) is 11.4. The van der Waals surface area contributed by atoms with Crippen LogP contribution in [0.2, 0.25) is 0 Å². The van der Waals surface area contributed by atoms with Crippen molar-refractivity contribution in [1.29, 1.82) is 0 Å². The Hall–Kier alpha value is -0.760. The van der Waals surface area contributed by atoms with Crippen molar-refractivity contribution in [3.8, 4) is 0 Å². The second-order valence-electron chi connectivity index (χ2n) is 6.52. The van der Waals surface area contributed by atoms with E-state index in [-0.39, 0.29) is 79.3 Å². The van der Waals surface area contributed by atoms with E-state index in [1.54, 1.807) is 0 Å². The maximum absolute atomic E-state index is 8.17. The Labute approximate surface area is 227 Å². The monoisotopic (exact) mass is 597 g/mol. The van der Waals surface area contributed by atoms with Crippen molar-refractivity contribution in [1.82, 2.24) is 0 Å². The zero-order valence-electron chi connectivity index (χ0n) is 22.3. The van der Waals surface area contributed by atoms with Gasteiger partial charge in [-0.15, -0.1) is 0 Å². The zero-order chi connectivity index (χ0) is 32.7. The Bertz CT molecular complexity index is 250. The van der Waals surface area contributed by atoms with Gasteiger partial charge in [-0.2, -0.15) is 0 Å². The summed E-state index contributed by atoms with van der Waals surface area (Å²) in [5.41, 5.74) is 4.85. The van der Waals surface area contributed by atoms with Crippen LogP contribution in [0.25, 0.3) is 0 Å². The van der Waals surface area contributed by atoms with Crippen LogP contribution in [0.5, 0.6) is 0 Å². The highest BCUT2D eigenvalue weighted by atomic mass is 16.4. The Kier molecular flexibility index (Phi) is 74.5. The van der Waals surface area contributed by atoms with Crippen molar-refractivity contribution in [2.45, 2.75) is 43.5 Å². The van der Waals surface area contributed by atoms with Crippen molar-refractivity contribution in [2.24, 2.45) is 5.73 Å². The molecule has 0 aliphatic rings. The van der Waals surface area contributed by atoms with E-state index in [0.717, 1.165) is 6.54 Å². The van der Waals surface area contributed by atoms with E-state index in [2.05, 4.69) is 0 Å². The summed E-state index contributed by atoms with van der Waals surface area (Å²) in [5, 5.41) is 144. The lowest BCUT2D eigenvalue weighted by molar-refractivity contribution is 0.0450. The number of aliphatic hydroxyl groups is 18. The Morgan fingerprint density at radius 1 is 0.308 bits per heavy atom. The molecule has 19 heteroatoms. The summed E-state index contributed by atoms with van der Waals surface area (Å²) in [7, 11) is 0. The fourth-order valence-corrected chi connectivity index (χ4v) is 0.346. The summed E-state index contributed by atoms with van der Waals surface area (Å²) >= 11 is 0. The summed E-state index contributed by atoms with van der Waals surface area (Å²) in [6.45, 7) is -1.72. The van der Waals surface area contributed by atoms with Gasteiger partial charge in [0.1, 0.15) is 36.6 Å². The van der Waals surface area contributed by atoms with Gasteiger partial charge in [-0.05, 0) is 6.54 Å². The standard InChI is InChI=1S/6C3H8O3.C2H7N/c6*4-1-3(6)2-5;1-2-3/h6*3-6H,1-2H2;2-3H2,1H3. The third kappa shape index (κ3) is 85.6. The van der Waals surface area contributed by atoms with E-state index < -0.39 is 36.6 Å². The SMILES string of the molecule is CCN.OCC(O)CO.OCC(O)CO.OCC(O)CO.OCC(O)CO.OCC(O)CO.OCC(O)CO. The van der Waals surface area contributed by atoms with Gasteiger partial charge in [-0.1, -0.05) is 6.92 Å². The van der Waals surface area contributed by atoms with Crippen LogP contribution < -0.4 is 5.73 Å². The van der Waals surface area contributed by atoms with Crippen molar-refractivity contribution in [3.63, 3.8) is 0 Å². The van der Waals surface area contributed by atoms with E-state index in [4.69, 9.17) is 97.7 Å². The number of rotatable bonds is 12. The predicted molar refractivity (Wildman–Crippen MR) is 136 cm³/mol. The third-order valence-electron chi connectivity index (χ3n) is 2.53. The molecule has 0 aliphatic carbocycles. The molecule has 0 atom stereocenters. The van der Waals surface area contributed by atoms with Gasteiger partial charge >= 0.3 is 0 Å². The normalized spacial score (nSPS) is 9.69. The van der Waals surface area contributed by atoms with Gasteiger partial charge in [0.15, 0.2) is 0 Å². The van der Waals surface area contributed by atoms with Gasteiger partial charge in [0.05, 0.1) is 79.3 Å². The molecule has 20 N–H and O–H groups in total. The molecule has 0 radical (unpaired) electrons. The van der Waals surface area contributed by atoms with Crippen LogP contribution in [-0.2, 0) is 0 Å². The largest absolute Gasteiger partial charge is 0.394 e. The Balaban J connectivity index is -0.0000000617. The maximum Gasteiger partial charge on any atom is 0.100 e. The van der Waals surface area contributed by atoms with Crippen LogP contribution in [0.1, 0.15) is 6.92 Å². The lowest BCUT2D eigenvalue weighted by Gasteiger charge is -1.96. The average molecular weight is 598 g/mol. The number of aliphatic hydroxyl groups excluding tert-OH is 18. The van der Waals surface area contributed by atoms with E-state index >= 15 is 0 Å².